The summed E-state index contributed by atoms with van der Waals surface area (Å²) in [5.41, 5.74) is 6.91. The fraction of sp³-hybridized carbons (Fsp3) is 0.105. The lowest BCUT2D eigenvalue weighted by Gasteiger charge is -2.16. The van der Waals surface area contributed by atoms with Crippen LogP contribution in [0.5, 0.6) is 5.75 Å². The van der Waals surface area contributed by atoms with Gasteiger partial charge in [-0.05, 0) is 48.7 Å². The summed E-state index contributed by atoms with van der Waals surface area (Å²) in [6, 6.07) is 11.2. The van der Waals surface area contributed by atoms with Gasteiger partial charge in [-0.2, -0.15) is 0 Å². The highest BCUT2D eigenvalue weighted by Gasteiger charge is 2.10. The lowest BCUT2D eigenvalue weighted by atomic mass is 10.1. The Bertz CT molecular complexity index is 956. The van der Waals surface area contributed by atoms with Gasteiger partial charge in [-0.1, -0.05) is 11.6 Å². The van der Waals surface area contributed by atoms with E-state index in [0.717, 1.165) is 16.5 Å². The molecule has 0 saturated carbocycles. The molecule has 26 heavy (non-hydrogen) atoms. The minimum absolute atomic E-state index is 0.311. The van der Waals surface area contributed by atoms with Crippen molar-refractivity contribution < 1.29 is 4.74 Å². The van der Waals surface area contributed by atoms with Gasteiger partial charge in [0.05, 0.1) is 11.9 Å². The number of ether oxygens (including phenoxy) is 1. The van der Waals surface area contributed by atoms with Crippen LogP contribution in [0.4, 0.5) is 11.5 Å². The Hall–Kier alpha value is -3.12. The third-order valence-electron chi connectivity index (χ3n) is 3.87. The number of benzene rings is 1. The van der Waals surface area contributed by atoms with Crippen molar-refractivity contribution in [1.29, 1.82) is 5.41 Å². The van der Waals surface area contributed by atoms with Crippen LogP contribution < -0.4 is 15.8 Å². The maximum atomic E-state index is 7.35. The summed E-state index contributed by atoms with van der Waals surface area (Å²) in [7, 11) is 0. The summed E-state index contributed by atoms with van der Waals surface area (Å²) < 4.78 is 5.87. The van der Waals surface area contributed by atoms with Gasteiger partial charge in [0.2, 0.25) is 0 Å². The first-order valence-electron chi connectivity index (χ1n) is 7.97. The summed E-state index contributed by atoms with van der Waals surface area (Å²) in [6.45, 7) is 1.85. The number of nitrogens with zero attached hydrogens (tertiary/aromatic N) is 2. The van der Waals surface area contributed by atoms with E-state index in [1.165, 1.54) is 12.4 Å². The van der Waals surface area contributed by atoms with Crippen molar-refractivity contribution in [2.24, 2.45) is 5.73 Å². The molecule has 0 amide bonds. The first kappa shape index (κ1) is 17.7. The van der Waals surface area contributed by atoms with Gasteiger partial charge in [0.15, 0.2) is 0 Å². The number of anilines is 2. The Balaban J connectivity index is 1.87. The summed E-state index contributed by atoms with van der Waals surface area (Å²) in [6.07, 6.45) is 5.64. The number of nitrogens with one attached hydrogen (secondary N) is 2. The molecule has 2 heterocycles. The van der Waals surface area contributed by atoms with E-state index in [2.05, 4.69) is 15.3 Å². The van der Waals surface area contributed by atoms with E-state index < -0.39 is 0 Å². The Morgan fingerprint density at radius 1 is 1.27 bits per heavy atom. The summed E-state index contributed by atoms with van der Waals surface area (Å²) in [4.78, 5) is 8.46. The van der Waals surface area contributed by atoms with Crippen LogP contribution in [0.15, 0.2) is 60.6 Å². The molecular weight excluding hydrogens is 350 g/mol. The second kappa shape index (κ2) is 7.84. The van der Waals surface area contributed by atoms with Crippen LogP contribution in [0.25, 0.3) is 10.8 Å². The van der Waals surface area contributed by atoms with Crippen molar-refractivity contribution in [3.05, 3.63) is 65.7 Å². The predicted octanol–water partition coefficient (Wildman–Crippen LogP) is 4.29. The monoisotopic (exact) mass is 367 g/mol. The van der Waals surface area contributed by atoms with Crippen LogP contribution in [0.3, 0.4) is 0 Å². The number of hydrogen-bond acceptors (Lipinski definition) is 6. The van der Waals surface area contributed by atoms with Crippen LogP contribution in [0.2, 0.25) is 5.15 Å². The minimum atomic E-state index is -0.311. The number of aromatic nitrogens is 2. The second-order valence-corrected chi connectivity index (χ2v) is 6.00. The van der Waals surface area contributed by atoms with Gasteiger partial charge in [0.1, 0.15) is 22.8 Å². The SMILES string of the molecule is CC(Oc1ccc2c(Nc3ccc(Cl)nc3)nccc2c1)/C(C=N)=C/N. The van der Waals surface area contributed by atoms with Gasteiger partial charge in [-0.3, -0.25) is 0 Å². The van der Waals surface area contributed by atoms with Crippen molar-refractivity contribution >= 4 is 40.1 Å². The van der Waals surface area contributed by atoms with E-state index in [1.54, 1.807) is 18.5 Å². The first-order valence-corrected chi connectivity index (χ1v) is 8.35. The van der Waals surface area contributed by atoms with Crippen molar-refractivity contribution in [2.45, 2.75) is 13.0 Å². The molecule has 0 aliphatic carbocycles. The lowest BCUT2D eigenvalue weighted by Crippen LogP contribution is -2.17. The van der Waals surface area contributed by atoms with E-state index in [0.29, 0.717) is 22.3 Å². The zero-order valence-electron chi connectivity index (χ0n) is 14.1. The highest BCUT2D eigenvalue weighted by Crippen LogP contribution is 2.28. The molecule has 0 bridgehead atoms. The maximum Gasteiger partial charge on any atom is 0.138 e. The summed E-state index contributed by atoms with van der Waals surface area (Å²) >= 11 is 5.82. The van der Waals surface area contributed by atoms with Gasteiger partial charge in [0, 0.05) is 29.6 Å². The normalized spacial score (nSPS) is 12.6. The average molecular weight is 368 g/mol. The van der Waals surface area contributed by atoms with Crippen LogP contribution in [-0.2, 0) is 0 Å². The summed E-state index contributed by atoms with van der Waals surface area (Å²) in [5, 5.41) is 13.0. The van der Waals surface area contributed by atoms with E-state index in [-0.39, 0.29) is 6.10 Å². The lowest BCUT2D eigenvalue weighted by molar-refractivity contribution is 0.264. The fourth-order valence-electron chi connectivity index (χ4n) is 2.49. The Morgan fingerprint density at radius 3 is 2.81 bits per heavy atom. The van der Waals surface area contributed by atoms with Gasteiger partial charge < -0.3 is 21.2 Å². The van der Waals surface area contributed by atoms with Crippen molar-refractivity contribution in [3.63, 3.8) is 0 Å². The number of nitrogens with two attached hydrogens (primary N) is 1. The quantitative estimate of drug-likeness (QED) is 0.446. The number of halogens is 1. The molecule has 0 aliphatic rings. The predicted molar refractivity (Wildman–Crippen MR) is 105 cm³/mol. The fourth-order valence-corrected chi connectivity index (χ4v) is 2.60. The van der Waals surface area contributed by atoms with Gasteiger partial charge in [-0.25, -0.2) is 9.97 Å². The molecule has 0 radical (unpaired) electrons. The molecule has 0 spiro atoms. The van der Waals surface area contributed by atoms with Crippen LogP contribution in [-0.4, -0.2) is 22.3 Å². The molecule has 0 aliphatic heterocycles. The van der Waals surface area contributed by atoms with Crippen LogP contribution in [0, 0.1) is 5.41 Å². The zero-order chi connectivity index (χ0) is 18.5. The molecule has 1 atom stereocenters. The molecule has 4 N–H and O–H groups in total. The zero-order valence-corrected chi connectivity index (χ0v) is 14.9. The van der Waals surface area contributed by atoms with Gasteiger partial charge in [-0.15, -0.1) is 0 Å². The molecule has 1 aromatic carbocycles. The molecule has 0 fully saturated rings. The minimum Gasteiger partial charge on any atom is -0.486 e. The average Bonchev–Trinajstić information content (AvgIpc) is 2.64. The molecule has 2 aromatic heterocycles. The standard InChI is InChI=1S/C19H18ClN5O/c1-12(14(9-21)10-22)26-16-3-4-17-13(8-16)6-7-23-19(17)25-15-2-5-18(20)24-11-15/h2-12,21H,22H2,1H3,(H,23,25)/b14-10+,21-9?. The number of fused-ring (bicyclic) bond motifs is 1. The van der Waals surface area contributed by atoms with Crippen LogP contribution in [0.1, 0.15) is 6.92 Å². The third-order valence-corrected chi connectivity index (χ3v) is 4.09. The molecular formula is C19H18ClN5O. The maximum absolute atomic E-state index is 7.35. The topological polar surface area (TPSA) is 96.9 Å². The molecule has 1 unspecified atom stereocenters. The highest BCUT2D eigenvalue weighted by molar-refractivity contribution is 6.29. The molecule has 0 saturated heterocycles. The highest BCUT2D eigenvalue weighted by atomic mass is 35.5. The first-order chi connectivity index (χ1) is 12.6. The van der Waals surface area contributed by atoms with Crippen LogP contribution >= 0.6 is 11.6 Å². The van der Waals surface area contributed by atoms with E-state index in [4.69, 9.17) is 27.5 Å². The number of rotatable bonds is 6. The molecule has 7 heteroatoms. The third kappa shape index (κ3) is 3.92. The van der Waals surface area contributed by atoms with Gasteiger partial charge >= 0.3 is 0 Å². The van der Waals surface area contributed by atoms with Crippen molar-refractivity contribution in [2.75, 3.05) is 5.32 Å². The molecule has 3 aromatic rings. The number of pyridine rings is 2. The second-order valence-electron chi connectivity index (χ2n) is 5.61. The largest absolute Gasteiger partial charge is 0.486 e. The molecule has 6 nitrogen and oxygen atoms in total. The molecule has 3 rings (SSSR count). The Kier molecular flexibility index (Phi) is 5.34. The Labute approximate surface area is 156 Å². The number of hydrogen-bond donors (Lipinski definition) is 3. The van der Waals surface area contributed by atoms with Crippen molar-refractivity contribution in [1.82, 2.24) is 9.97 Å². The van der Waals surface area contributed by atoms with Gasteiger partial charge in [0.25, 0.3) is 0 Å². The van der Waals surface area contributed by atoms with Crippen molar-refractivity contribution in [3.8, 4) is 5.75 Å². The summed E-state index contributed by atoms with van der Waals surface area (Å²) in [5.74, 6) is 1.41. The Morgan fingerprint density at radius 2 is 2.12 bits per heavy atom. The van der Waals surface area contributed by atoms with E-state index >= 15 is 0 Å². The smallest absolute Gasteiger partial charge is 0.138 e. The molecule has 132 valence electrons. The van der Waals surface area contributed by atoms with E-state index in [1.807, 2.05) is 37.3 Å². The van der Waals surface area contributed by atoms with E-state index in [9.17, 15) is 0 Å².